The van der Waals surface area contributed by atoms with Crippen LogP contribution < -0.4 is 11.1 Å². The average molecular weight is 543 g/mol. The van der Waals surface area contributed by atoms with Gasteiger partial charge in [-0.25, -0.2) is 4.79 Å². The topological polar surface area (TPSA) is 83.2 Å². The van der Waals surface area contributed by atoms with Gasteiger partial charge < -0.3 is 20.7 Å². The highest BCUT2D eigenvalue weighted by atomic mass is 127. The molecular formula is C23H38IN5O2. The Morgan fingerprint density at radius 2 is 1.90 bits per heavy atom. The quantitative estimate of drug-likeness (QED) is 0.327. The van der Waals surface area contributed by atoms with Gasteiger partial charge in [-0.1, -0.05) is 38.1 Å². The molecule has 0 aliphatic carbocycles. The van der Waals surface area contributed by atoms with Gasteiger partial charge in [0.2, 0.25) is 0 Å². The third-order valence-electron chi connectivity index (χ3n) is 6.22. The molecule has 8 heteroatoms. The van der Waals surface area contributed by atoms with Gasteiger partial charge in [-0.3, -0.25) is 9.89 Å². The van der Waals surface area contributed by atoms with Crippen molar-refractivity contribution in [2.75, 3.05) is 32.8 Å². The second kappa shape index (κ2) is 12.5. The molecule has 0 bridgehead atoms. The predicted molar refractivity (Wildman–Crippen MR) is 136 cm³/mol. The highest BCUT2D eigenvalue weighted by molar-refractivity contribution is 14.0. The molecule has 0 spiro atoms. The number of hydrogen-bond donors (Lipinski definition) is 2. The van der Waals surface area contributed by atoms with Gasteiger partial charge in [0.25, 0.3) is 0 Å². The molecule has 3 N–H and O–H groups in total. The summed E-state index contributed by atoms with van der Waals surface area (Å²) in [6, 6.07) is 9.34. The first-order valence-corrected chi connectivity index (χ1v) is 11.3. The molecule has 3 rings (SSSR count). The summed E-state index contributed by atoms with van der Waals surface area (Å²) >= 11 is 0. The molecule has 2 aliphatic rings. The van der Waals surface area contributed by atoms with Gasteiger partial charge in [0.05, 0.1) is 13.2 Å². The van der Waals surface area contributed by atoms with Crippen molar-refractivity contribution in [1.82, 2.24) is 15.1 Å². The lowest BCUT2D eigenvalue weighted by Crippen LogP contribution is -2.49. The Bertz CT molecular complexity index is 734. The summed E-state index contributed by atoms with van der Waals surface area (Å²) in [5, 5.41) is 3.35. The molecule has 1 saturated heterocycles. The molecule has 174 valence electrons. The molecule has 1 fully saturated rings. The van der Waals surface area contributed by atoms with Crippen molar-refractivity contribution in [3.8, 4) is 0 Å². The number of carbonyl (C=O) groups excluding carboxylic acids is 1. The van der Waals surface area contributed by atoms with Crippen LogP contribution in [0.15, 0.2) is 29.3 Å². The van der Waals surface area contributed by atoms with E-state index < -0.39 is 0 Å². The Morgan fingerprint density at radius 1 is 1.23 bits per heavy atom. The van der Waals surface area contributed by atoms with Crippen molar-refractivity contribution < 1.29 is 9.53 Å². The van der Waals surface area contributed by atoms with Crippen LogP contribution in [0.2, 0.25) is 0 Å². The van der Waals surface area contributed by atoms with E-state index >= 15 is 0 Å². The molecule has 31 heavy (non-hydrogen) atoms. The van der Waals surface area contributed by atoms with Gasteiger partial charge in [-0.2, -0.15) is 0 Å². The van der Waals surface area contributed by atoms with E-state index in [-0.39, 0.29) is 36.1 Å². The molecule has 1 aromatic carbocycles. The fourth-order valence-corrected chi connectivity index (χ4v) is 4.42. The molecule has 0 radical (unpaired) electrons. The third kappa shape index (κ3) is 7.24. The number of nitrogens with one attached hydrogen (secondary N) is 1. The molecule has 1 atom stereocenters. The Kier molecular flexibility index (Phi) is 10.3. The predicted octanol–water partition coefficient (Wildman–Crippen LogP) is 3.21. The van der Waals surface area contributed by atoms with E-state index in [0.29, 0.717) is 44.2 Å². The summed E-state index contributed by atoms with van der Waals surface area (Å²) in [5.41, 5.74) is 9.11. The Hall–Kier alpha value is -1.55. The number of likely N-dealkylation sites (tertiary alicyclic amines) is 1. The number of nitrogens with zero attached hydrogens (tertiary/aromatic N) is 3. The van der Waals surface area contributed by atoms with Crippen molar-refractivity contribution in [2.45, 2.75) is 58.7 Å². The van der Waals surface area contributed by atoms with E-state index in [1.165, 1.54) is 11.1 Å². The Labute approximate surface area is 203 Å². The van der Waals surface area contributed by atoms with Crippen LogP contribution >= 0.6 is 24.0 Å². The lowest BCUT2D eigenvalue weighted by atomic mass is 9.95. The Balaban J connectivity index is 0.00000341. The third-order valence-corrected chi connectivity index (χ3v) is 6.22. The number of piperidine rings is 1. The van der Waals surface area contributed by atoms with Crippen molar-refractivity contribution >= 4 is 36.0 Å². The van der Waals surface area contributed by atoms with Crippen LogP contribution in [0.4, 0.5) is 4.79 Å². The number of aliphatic imine (C=N–C) groups is 1. The summed E-state index contributed by atoms with van der Waals surface area (Å²) < 4.78 is 5.08. The maximum Gasteiger partial charge on any atom is 0.409 e. The molecule has 2 heterocycles. The van der Waals surface area contributed by atoms with Crippen LogP contribution in [0, 0.1) is 5.92 Å². The number of nitrogens with two attached hydrogens (primary N) is 1. The smallest absolute Gasteiger partial charge is 0.409 e. The van der Waals surface area contributed by atoms with E-state index in [1.54, 1.807) is 4.90 Å². The van der Waals surface area contributed by atoms with E-state index in [4.69, 9.17) is 15.5 Å². The van der Waals surface area contributed by atoms with Gasteiger partial charge in [-0.05, 0) is 43.2 Å². The van der Waals surface area contributed by atoms with Crippen LogP contribution in [0.5, 0.6) is 0 Å². The molecule has 2 aliphatic heterocycles. The maximum absolute atomic E-state index is 11.8. The molecule has 0 saturated carbocycles. The first-order chi connectivity index (χ1) is 14.5. The zero-order chi connectivity index (χ0) is 21.5. The van der Waals surface area contributed by atoms with Crippen LogP contribution in [0.25, 0.3) is 0 Å². The van der Waals surface area contributed by atoms with E-state index in [9.17, 15) is 4.79 Å². The average Bonchev–Trinajstić information content (AvgIpc) is 2.74. The van der Waals surface area contributed by atoms with Crippen LogP contribution in [-0.2, 0) is 17.7 Å². The second-order valence-corrected chi connectivity index (χ2v) is 8.63. The lowest BCUT2D eigenvalue weighted by molar-refractivity contribution is 0.0963. The number of fused-ring (bicyclic) bond motifs is 1. The second-order valence-electron chi connectivity index (χ2n) is 8.63. The van der Waals surface area contributed by atoms with Crippen molar-refractivity contribution in [1.29, 1.82) is 0 Å². The van der Waals surface area contributed by atoms with E-state index in [1.807, 2.05) is 6.92 Å². The number of rotatable bonds is 6. The largest absolute Gasteiger partial charge is 0.450 e. The van der Waals surface area contributed by atoms with Gasteiger partial charge in [0.15, 0.2) is 5.96 Å². The fraction of sp³-hybridized carbons (Fsp3) is 0.652. The van der Waals surface area contributed by atoms with Crippen molar-refractivity contribution in [3.05, 3.63) is 35.4 Å². The molecule has 1 amide bonds. The highest BCUT2D eigenvalue weighted by Crippen LogP contribution is 2.23. The summed E-state index contributed by atoms with van der Waals surface area (Å²) in [7, 11) is 0. The van der Waals surface area contributed by atoms with E-state index in [0.717, 1.165) is 32.4 Å². The number of amides is 1. The summed E-state index contributed by atoms with van der Waals surface area (Å²) in [4.78, 5) is 20.8. The maximum atomic E-state index is 11.8. The van der Waals surface area contributed by atoms with Gasteiger partial charge in [-0.15, -0.1) is 24.0 Å². The zero-order valence-corrected chi connectivity index (χ0v) is 21.4. The number of ether oxygens (including phenoxy) is 1. The minimum Gasteiger partial charge on any atom is -0.450 e. The fourth-order valence-electron chi connectivity index (χ4n) is 4.42. The van der Waals surface area contributed by atoms with E-state index in [2.05, 4.69) is 48.3 Å². The van der Waals surface area contributed by atoms with Gasteiger partial charge in [0.1, 0.15) is 0 Å². The molecule has 1 unspecified atom stereocenters. The van der Waals surface area contributed by atoms with Crippen LogP contribution in [0.1, 0.15) is 44.7 Å². The van der Waals surface area contributed by atoms with Crippen molar-refractivity contribution in [2.24, 2.45) is 16.6 Å². The summed E-state index contributed by atoms with van der Waals surface area (Å²) in [5.74, 6) is 1.01. The standard InChI is InChI=1S/C23H37N5O2.HI/c1-4-30-23(29)27-13-10-20(11-14-27)26-22(24)25-15-21(17(2)3)28-12-9-18-7-5-6-8-19(18)16-28;/h5-8,17,20-21H,4,9-16H2,1-3H3,(H3,24,25,26);1H. The number of carbonyl (C=O) groups is 1. The minimum absolute atomic E-state index is 0. The SMILES string of the molecule is CCOC(=O)N1CCC(NC(N)=NCC(C(C)C)N2CCc3ccccc3C2)CC1.I. The Morgan fingerprint density at radius 3 is 2.55 bits per heavy atom. The normalized spacial score (nSPS) is 18.8. The summed E-state index contributed by atoms with van der Waals surface area (Å²) in [6.07, 6.45) is 2.58. The first-order valence-electron chi connectivity index (χ1n) is 11.3. The molecule has 7 nitrogen and oxygen atoms in total. The highest BCUT2D eigenvalue weighted by Gasteiger charge is 2.26. The lowest BCUT2D eigenvalue weighted by Gasteiger charge is -2.37. The number of halogens is 1. The molecular weight excluding hydrogens is 505 g/mol. The van der Waals surface area contributed by atoms with Gasteiger partial charge in [0, 0.05) is 38.3 Å². The van der Waals surface area contributed by atoms with Crippen LogP contribution in [-0.4, -0.2) is 66.7 Å². The number of benzene rings is 1. The minimum atomic E-state index is -0.222. The zero-order valence-electron chi connectivity index (χ0n) is 19.0. The summed E-state index contributed by atoms with van der Waals surface area (Å²) in [6.45, 7) is 10.9. The molecule has 0 aromatic heterocycles. The number of guanidine groups is 1. The van der Waals surface area contributed by atoms with Gasteiger partial charge >= 0.3 is 6.09 Å². The molecule has 1 aromatic rings. The first kappa shape index (κ1) is 25.7. The van der Waals surface area contributed by atoms with Crippen LogP contribution in [0.3, 0.4) is 0 Å². The van der Waals surface area contributed by atoms with Crippen molar-refractivity contribution in [3.63, 3.8) is 0 Å². The monoisotopic (exact) mass is 543 g/mol. The number of hydrogen-bond acceptors (Lipinski definition) is 4.